The Labute approximate surface area is 225 Å². The van der Waals surface area contributed by atoms with Crippen molar-refractivity contribution in [3.8, 4) is 11.1 Å². The number of aromatic nitrogens is 1. The Balaban J connectivity index is 1.46. The van der Waals surface area contributed by atoms with Gasteiger partial charge in [0.25, 0.3) is 0 Å². The van der Waals surface area contributed by atoms with Crippen molar-refractivity contribution in [2.24, 2.45) is 11.7 Å². The predicted molar refractivity (Wildman–Crippen MR) is 152 cm³/mol. The van der Waals surface area contributed by atoms with Gasteiger partial charge in [-0.25, -0.2) is 12.7 Å². The molecule has 5 N–H and O–H groups in total. The maximum absolute atomic E-state index is 13.0. The van der Waals surface area contributed by atoms with Crippen LogP contribution >= 0.6 is 0 Å². The summed E-state index contributed by atoms with van der Waals surface area (Å²) in [5.41, 5.74) is 10.6. The first-order valence-electron chi connectivity index (χ1n) is 13.5. The highest BCUT2D eigenvalue weighted by Crippen LogP contribution is 2.37. The van der Waals surface area contributed by atoms with Crippen LogP contribution in [0.2, 0.25) is 0 Å². The molecule has 1 amide bonds. The summed E-state index contributed by atoms with van der Waals surface area (Å²) in [6, 6.07) is 14.2. The number of primary amides is 1. The fraction of sp³-hybridized carbons (Fsp3) is 0.483. The van der Waals surface area contributed by atoms with Gasteiger partial charge in [0.05, 0.1) is 18.8 Å². The van der Waals surface area contributed by atoms with Gasteiger partial charge in [0.2, 0.25) is 15.9 Å². The average molecular weight is 541 g/mol. The molecule has 0 radical (unpaired) electrons. The zero-order valence-corrected chi connectivity index (χ0v) is 23.1. The van der Waals surface area contributed by atoms with Crippen LogP contribution in [0.4, 0.5) is 0 Å². The Morgan fingerprint density at radius 3 is 2.50 bits per heavy atom. The molecule has 4 rings (SSSR count). The van der Waals surface area contributed by atoms with E-state index in [2.05, 4.69) is 16.4 Å². The molecule has 1 aliphatic heterocycles. The molecule has 2 heterocycles. The number of nitrogens with one attached hydrogen (secondary N) is 2. The maximum Gasteiger partial charge on any atom is 0.221 e. The first kappa shape index (κ1) is 28.3. The van der Waals surface area contributed by atoms with Crippen LogP contribution in [-0.4, -0.2) is 66.8 Å². The van der Waals surface area contributed by atoms with E-state index in [0.717, 1.165) is 46.0 Å². The van der Waals surface area contributed by atoms with E-state index in [1.165, 1.54) is 0 Å². The minimum absolute atomic E-state index is 0.0180. The number of fused-ring (bicyclic) bond motifs is 1. The summed E-state index contributed by atoms with van der Waals surface area (Å²) in [7, 11) is -3.33. The topological polar surface area (TPSA) is 129 Å². The number of rotatable bonds is 12. The first-order valence-corrected chi connectivity index (χ1v) is 15.1. The van der Waals surface area contributed by atoms with E-state index in [0.29, 0.717) is 26.1 Å². The molecule has 1 saturated heterocycles. The highest BCUT2D eigenvalue weighted by Gasteiger charge is 2.30. The summed E-state index contributed by atoms with van der Waals surface area (Å²) in [5, 5.41) is 13.8. The van der Waals surface area contributed by atoms with Gasteiger partial charge in [-0.1, -0.05) is 44.2 Å². The second-order valence-electron chi connectivity index (χ2n) is 10.6. The highest BCUT2D eigenvalue weighted by atomic mass is 32.2. The monoisotopic (exact) mass is 540 g/mol. The number of benzene rings is 2. The quantitative estimate of drug-likeness (QED) is 0.262. The Kier molecular flexibility index (Phi) is 9.25. The lowest BCUT2D eigenvalue weighted by atomic mass is 9.88. The number of carbonyl (C=O) groups excluding carboxylic acids is 1. The molecule has 206 valence electrons. The van der Waals surface area contributed by atoms with Crippen LogP contribution in [0.3, 0.4) is 0 Å². The number of aliphatic hydroxyl groups excluding tert-OH is 1. The molecular formula is C29H40N4O4S. The van der Waals surface area contributed by atoms with Crippen LogP contribution in [0, 0.1) is 5.92 Å². The number of amides is 1. The van der Waals surface area contributed by atoms with Crippen molar-refractivity contribution in [3.05, 3.63) is 59.8 Å². The minimum atomic E-state index is -3.33. The number of aromatic amines is 1. The molecule has 0 spiro atoms. The van der Waals surface area contributed by atoms with E-state index in [-0.39, 0.29) is 42.6 Å². The maximum atomic E-state index is 13.0. The number of carbonyl (C=O) groups is 1. The Hall–Kier alpha value is -2.72. The van der Waals surface area contributed by atoms with Crippen molar-refractivity contribution in [3.63, 3.8) is 0 Å². The molecule has 9 heteroatoms. The predicted octanol–water partition coefficient (Wildman–Crippen LogP) is 3.37. The van der Waals surface area contributed by atoms with Crippen LogP contribution in [-0.2, 0) is 21.2 Å². The second-order valence-corrected chi connectivity index (χ2v) is 12.7. The van der Waals surface area contributed by atoms with Crippen molar-refractivity contribution in [2.75, 3.05) is 32.0 Å². The van der Waals surface area contributed by atoms with Crippen molar-refractivity contribution in [2.45, 2.75) is 51.5 Å². The van der Waals surface area contributed by atoms with Crippen LogP contribution < -0.4 is 11.1 Å². The number of hydrogen-bond acceptors (Lipinski definition) is 5. The number of aliphatic hydroxyl groups is 1. The fourth-order valence-corrected chi connectivity index (χ4v) is 6.95. The third-order valence-electron chi connectivity index (χ3n) is 7.65. The lowest BCUT2D eigenvalue weighted by Gasteiger charge is -2.31. The van der Waals surface area contributed by atoms with E-state index in [1.807, 2.05) is 56.4 Å². The summed E-state index contributed by atoms with van der Waals surface area (Å²) in [5.74, 6) is 0.235. The van der Waals surface area contributed by atoms with Gasteiger partial charge in [0, 0.05) is 36.2 Å². The highest BCUT2D eigenvalue weighted by molar-refractivity contribution is 7.89. The van der Waals surface area contributed by atoms with E-state index < -0.39 is 10.0 Å². The van der Waals surface area contributed by atoms with Crippen LogP contribution in [0.1, 0.15) is 50.2 Å². The van der Waals surface area contributed by atoms with Gasteiger partial charge < -0.3 is 21.1 Å². The molecule has 1 fully saturated rings. The Morgan fingerprint density at radius 2 is 1.87 bits per heavy atom. The molecule has 0 aliphatic carbocycles. The molecule has 2 aromatic carbocycles. The Bertz CT molecular complexity index is 1330. The molecule has 0 saturated carbocycles. The molecule has 0 unspecified atom stereocenters. The van der Waals surface area contributed by atoms with Crippen molar-refractivity contribution >= 4 is 26.8 Å². The first-order chi connectivity index (χ1) is 18.2. The fourth-order valence-electron chi connectivity index (χ4n) is 5.42. The van der Waals surface area contributed by atoms with Gasteiger partial charge in [0.1, 0.15) is 0 Å². The van der Waals surface area contributed by atoms with Gasteiger partial charge in [-0.2, -0.15) is 0 Å². The molecule has 38 heavy (non-hydrogen) atoms. The second kappa shape index (κ2) is 12.4. The number of hydrogen-bond donors (Lipinski definition) is 4. The third-order valence-corrected chi connectivity index (χ3v) is 9.61. The number of sulfonamides is 1. The summed E-state index contributed by atoms with van der Waals surface area (Å²) in [4.78, 5) is 15.2. The zero-order valence-electron chi connectivity index (χ0n) is 22.3. The normalized spacial score (nSPS) is 16.3. The molecule has 0 bridgehead atoms. The number of piperidine rings is 1. The summed E-state index contributed by atoms with van der Waals surface area (Å²) < 4.78 is 27.6. The standard InChI is InChI=1S/C29H40N4O4S/c1-20(2)27(19-34)31-11-6-14-38(36,37)33-12-9-22(10-13-33)26-18-32-29-24(17-28(30)35)15-23(16-25(26)29)21-7-4-3-5-8-21/h3-5,7-8,15-16,18,20,22,27,31-32,34H,6,9-14,17,19H2,1-2H3,(H2,30,35)/t27-/m1/s1. The molecule has 3 aromatic rings. The van der Waals surface area contributed by atoms with Gasteiger partial charge >= 0.3 is 0 Å². The van der Waals surface area contributed by atoms with E-state index in [4.69, 9.17) is 5.73 Å². The number of H-pyrrole nitrogens is 1. The van der Waals surface area contributed by atoms with Crippen LogP contribution in [0.15, 0.2) is 48.7 Å². The lowest BCUT2D eigenvalue weighted by Crippen LogP contribution is -2.41. The van der Waals surface area contributed by atoms with Gasteiger partial charge in [-0.15, -0.1) is 0 Å². The number of nitrogens with two attached hydrogens (primary N) is 1. The molecule has 1 aliphatic rings. The third kappa shape index (κ3) is 6.64. The zero-order chi connectivity index (χ0) is 27.3. The smallest absolute Gasteiger partial charge is 0.221 e. The average Bonchev–Trinajstić information content (AvgIpc) is 3.33. The van der Waals surface area contributed by atoms with E-state index in [9.17, 15) is 18.3 Å². The molecular weight excluding hydrogens is 500 g/mol. The van der Waals surface area contributed by atoms with Crippen molar-refractivity contribution < 1.29 is 18.3 Å². The van der Waals surface area contributed by atoms with Crippen molar-refractivity contribution in [1.29, 1.82) is 0 Å². The van der Waals surface area contributed by atoms with Gasteiger partial charge in [0.15, 0.2) is 0 Å². The summed E-state index contributed by atoms with van der Waals surface area (Å²) in [6.07, 6.45) is 4.16. The van der Waals surface area contributed by atoms with Crippen LogP contribution in [0.25, 0.3) is 22.0 Å². The molecule has 1 aromatic heterocycles. The summed E-state index contributed by atoms with van der Waals surface area (Å²) >= 11 is 0. The lowest BCUT2D eigenvalue weighted by molar-refractivity contribution is -0.117. The minimum Gasteiger partial charge on any atom is -0.395 e. The van der Waals surface area contributed by atoms with Crippen molar-refractivity contribution in [1.82, 2.24) is 14.6 Å². The summed E-state index contributed by atoms with van der Waals surface area (Å²) in [6.45, 7) is 5.65. The molecule has 8 nitrogen and oxygen atoms in total. The molecule has 1 atom stereocenters. The SMILES string of the molecule is CC(C)[C@@H](CO)NCCCS(=O)(=O)N1CCC(c2c[nH]c3c(CC(N)=O)cc(-c4ccccc4)cc23)CC1. The number of nitrogens with zero attached hydrogens (tertiary/aromatic N) is 1. The largest absolute Gasteiger partial charge is 0.395 e. The van der Waals surface area contributed by atoms with Crippen LogP contribution in [0.5, 0.6) is 0 Å². The van der Waals surface area contributed by atoms with Gasteiger partial charge in [-0.05, 0) is 72.0 Å². The Morgan fingerprint density at radius 1 is 1.16 bits per heavy atom. The van der Waals surface area contributed by atoms with E-state index in [1.54, 1.807) is 4.31 Å². The van der Waals surface area contributed by atoms with Gasteiger partial charge in [-0.3, -0.25) is 4.79 Å². The van der Waals surface area contributed by atoms with E-state index >= 15 is 0 Å².